The Bertz CT molecular complexity index is 945. The summed E-state index contributed by atoms with van der Waals surface area (Å²) in [6.45, 7) is -1.45. The minimum atomic E-state index is -4.48. The molecule has 8 heteroatoms. The van der Waals surface area contributed by atoms with Gasteiger partial charge in [0, 0.05) is 18.0 Å². The van der Waals surface area contributed by atoms with Crippen LogP contribution in [-0.2, 0) is 0 Å². The van der Waals surface area contributed by atoms with Crippen molar-refractivity contribution in [1.29, 1.82) is 0 Å². The van der Waals surface area contributed by atoms with E-state index in [-0.39, 0.29) is 17.1 Å². The summed E-state index contributed by atoms with van der Waals surface area (Å²) in [5.41, 5.74) is 0.882. The number of amides is 1. The number of rotatable bonds is 4. The highest BCUT2D eigenvalue weighted by Gasteiger charge is 2.29. The van der Waals surface area contributed by atoms with E-state index in [2.05, 4.69) is 5.32 Å². The minimum Gasteiger partial charge on any atom is -0.484 e. The zero-order valence-corrected chi connectivity index (χ0v) is 13.5. The summed E-state index contributed by atoms with van der Waals surface area (Å²) < 4.78 is 60.6. The first-order valence-electron chi connectivity index (χ1n) is 7.52. The number of alkyl halides is 3. The Kier molecular flexibility index (Phi) is 4.58. The summed E-state index contributed by atoms with van der Waals surface area (Å²) in [6.07, 6.45) is -4.48. The van der Waals surface area contributed by atoms with Crippen LogP contribution in [0.3, 0.4) is 0 Å². The fourth-order valence-corrected chi connectivity index (χ4v) is 2.49. The van der Waals surface area contributed by atoms with Crippen LogP contribution in [-0.4, -0.2) is 25.7 Å². The van der Waals surface area contributed by atoms with Crippen molar-refractivity contribution < 1.29 is 31.5 Å². The van der Waals surface area contributed by atoms with Gasteiger partial charge in [-0.2, -0.15) is 13.2 Å². The Balaban J connectivity index is 2.11. The van der Waals surface area contributed by atoms with E-state index >= 15 is 0 Å². The maximum atomic E-state index is 13.1. The third-order valence-electron chi connectivity index (χ3n) is 3.62. The molecule has 0 spiro atoms. The number of carbonyl (C=O) groups excluding carboxylic acids is 1. The number of carbonyl (C=O) groups is 1. The fourth-order valence-electron chi connectivity index (χ4n) is 2.49. The third kappa shape index (κ3) is 3.63. The molecule has 0 saturated heterocycles. The van der Waals surface area contributed by atoms with Gasteiger partial charge in [-0.3, -0.25) is 4.79 Å². The molecule has 0 saturated carbocycles. The van der Waals surface area contributed by atoms with Crippen LogP contribution >= 0.6 is 0 Å². The van der Waals surface area contributed by atoms with Crippen molar-refractivity contribution in [3.63, 3.8) is 0 Å². The van der Waals surface area contributed by atoms with Gasteiger partial charge in [0.15, 0.2) is 6.61 Å². The normalized spacial score (nSPS) is 11.6. The molecule has 1 heterocycles. The summed E-state index contributed by atoms with van der Waals surface area (Å²) in [4.78, 5) is 12.3. The summed E-state index contributed by atoms with van der Waals surface area (Å²) >= 11 is 0. The first-order chi connectivity index (χ1) is 12.3. The van der Waals surface area contributed by atoms with Gasteiger partial charge in [-0.25, -0.2) is 4.39 Å². The van der Waals surface area contributed by atoms with E-state index in [0.717, 1.165) is 0 Å². The largest absolute Gasteiger partial charge is 0.484 e. The maximum Gasteiger partial charge on any atom is 0.422 e. The standard InChI is InChI=1S/C18H13F4NO3/c1-23-17(24)15-13-8-12(25-9-18(20,21)22)6-7-14(13)26-16(15)10-2-4-11(19)5-3-10/h2-8H,9H2,1H3,(H,23,24). The quantitative estimate of drug-likeness (QED) is 0.689. The van der Waals surface area contributed by atoms with Crippen molar-refractivity contribution in [2.45, 2.75) is 6.18 Å². The molecule has 1 amide bonds. The van der Waals surface area contributed by atoms with Crippen LogP contribution in [0.15, 0.2) is 46.9 Å². The maximum absolute atomic E-state index is 13.1. The summed E-state index contributed by atoms with van der Waals surface area (Å²) in [6, 6.07) is 9.37. The zero-order chi connectivity index (χ0) is 18.9. The second kappa shape index (κ2) is 6.70. The van der Waals surface area contributed by atoms with Crippen molar-refractivity contribution in [3.8, 4) is 17.1 Å². The van der Waals surface area contributed by atoms with Crippen LogP contribution in [0.4, 0.5) is 17.6 Å². The van der Waals surface area contributed by atoms with Gasteiger partial charge in [0.25, 0.3) is 5.91 Å². The second-order valence-electron chi connectivity index (χ2n) is 5.45. The molecule has 136 valence electrons. The number of hydrogen-bond acceptors (Lipinski definition) is 3. The monoisotopic (exact) mass is 367 g/mol. The first kappa shape index (κ1) is 17.8. The zero-order valence-electron chi connectivity index (χ0n) is 13.5. The van der Waals surface area contributed by atoms with E-state index in [4.69, 9.17) is 9.15 Å². The molecule has 4 nitrogen and oxygen atoms in total. The van der Waals surface area contributed by atoms with Crippen molar-refractivity contribution >= 4 is 16.9 Å². The topological polar surface area (TPSA) is 51.5 Å². The summed E-state index contributed by atoms with van der Waals surface area (Å²) in [5, 5.41) is 2.76. The van der Waals surface area contributed by atoms with E-state index in [9.17, 15) is 22.4 Å². The Morgan fingerprint density at radius 2 is 1.85 bits per heavy atom. The number of nitrogens with one attached hydrogen (secondary N) is 1. The summed E-state index contributed by atoms with van der Waals surface area (Å²) in [7, 11) is 1.42. The van der Waals surface area contributed by atoms with Gasteiger partial charge in [0.1, 0.15) is 22.9 Å². The molecule has 26 heavy (non-hydrogen) atoms. The molecule has 0 atom stereocenters. The van der Waals surface area contributed by atoms with Gasteiger partial charge < -0.3 is 14.5 Å². The van der Waals surface area contributed by atoms with E-state index in [1.165, 1.54) is 49.5 Å². The number of furan rings is 1. The van der Waals surface area contributed by atoms with Crippen LogP contribution < -0.4 is 10.1 Å². The van der Waals surface area contributed by atoms with E-state index in [0.29, 0.717) is 16.5 Å². The van der Waals surface area contributed by atoms with E-state index in [1.54, 1.807) is 0 Å². The molecule has 0 aliphatic carbocycles. The molecule has 3 rings (SSSR count). The molecule has 0 fully saturated rings. The Labute approximate surface area is 145 Å². The van der Waals surface area contributed by atoms with Gasteiger partial charge in [-0.05, 0) is 42.5 Å². The number of ether oxygens (including phenoxy) is 1. The predicted octanol–water partition coefficient (Wildman–Crippen LogP) is 4.54. The average molecular weight is 367 g/mol. The number of halogens is 4. The molecule has 0 unspecified atom stereocenters. The van der Waals surface area contributed by atoms with Crippen LogP contribution in [0.1, 0.15) is 10.4 Å². The van der Waals surface area contributed by atoms with Crippen molar-refractivity contribution in [3.05, 3.63) is 53.8 Å². The first-order valence-corrected chi connectivity index (χ1v) is 7.52. The highest BCUT2D eigenvalue weighted by atomic mass is 19.4. The van der Waals surface area contributed by atoms with Crippen LogP contribution in [0.2, 0.25) is 0 Å². The molecular formula is C18H13F4NO3. The Hall–Kier alpha value is -3.03. The van der Waals surface area contributed by atoms with Crippen molar-refractivity contribution in [2.75, 3.05) is 13.7 Å². The lowest BCUT2D eigenvalue weighted by Gasteiger charge is -2.09. The Morgan fingerprint density at radius 1 is 1.15 bits per heavy atom. The van der Waals surface area contributed by atoms with Crippen LogP contribution in [0.25, 0.3) is 22.3 Å². The van der Waals surface area contributed by atoms with Gasteiger partial charge in [-0.1, -0.05) is 0 Å². The second-order valence-corrected chi connectivity index (χ2v) is 5.45. The van der Waals surface area contributed by atoms with E-state index < -0.39 is 24.5 Å². The highest BCUT2D eigenvalue weighted by molar-refractivity contribution is 6.11. The molecule has 3 aromatic rings. The van der Waals surface area contributed by atoms with Gasteiger partial charge >= 0.3 is 6.18 Å². The molecule has 2 aromatic carbocycles. The predicted molar refractivity (Wildman–Crippen MR) is 86.5 cm³/mol. The smallest absolute Gasteiger partial charge is 0.422 e. The highest BCUT2D eigenvalue weighted by Crippen LogP contribution is 2.36. The van der Waals surface area contributed by atoms with Crippen molar-refractivity contribution in [2.24, 2.45) is 0 Å². The number of fused-ring (bicyclic) bond motifs is 1. The average Bonchev–Trinajstić information content (AvgIpc) is 2.98. The fraction of sp³-hybridized carbons (Fsp3) is 0.167. The lowest BCUT2D eigenvalue weighted by Crippen LogP contribution is -2.19. The molecule has 1 N–H and O–H groups in total. The number of benzene rings is 2. The van der Waals surface area contributed by atoms with Crippen LogP contribution in [0.5, 0.6) is 5.75 Å². The Morgan fingerprint density at radius 3 is 2.46 bits per heavy atom. The van der Waals surface area contributed by atoms with Crippen LogP contribution in [0, 0.1) is 5.82 Å². The SMILES string of the molecule is CNC(=O)c1c(-c2ccc(F)cc2)oc2ccc(OCC(F)(F)F)cc12. The van der Waals surface area contributed by atoms with Crippen molar-refractivity contribution in [1.82, 2.24) is 5.32 Å². The molecule has 1 aromatic heterocycles. The summed E-state index contributed by atoms with van der Waals surface area (Å²) in [5.74, 6) is -0.802. The van der Waals surface area contributed by atoms with Gasteiger partial charge in [-0.15, -0.1) is 0 Å². The third-order valence-corrected chi connectivity index (χ3v) is 3.62. The number of hydrogen-bond donors (Lipinski definition) is 1. The molecule has 0 aliphatic rings. The molecule has 0 aliphatic heterocycles. The lowest BCUT2D eigenvalue weighted by atomic mass is 10.0. The minimum absolute atomic E-state index is 0.0496. The lowest BCUT2D eigenvalue weighted by molar-refractivity contribution is -0.153. The molecule has 0 radical (unpaired) electrons. The van der Waals surface area contributed by atoms with E-state index in [1.807, 2.05) is 0 Å². The molecular weight excluding hydrogens is 354 g/mol. The van der Waals surface area contributed by atoms with Gasteiger partial charge in [0.2, 0.25) is 0 Å². The van der Waals surface area contributed by atoms with Gasteiger partial charge in [0.05, 0.1) is 5.56 Å². The molecule has 0 bridgehead atoms.